The van der Waals surface area contributed by atoms with Gasteiger partial charge in [0.2, 0.25) is 5.91 Å². The first-order chi connectivity index (χ1) is 23.8. The second-order valence-corrected chi connectivity index (χ2v) is 12.9. The molecule has 0 fully saturated rings. The van der Waals surface area contributed by atoms with Gasteiger partial charge in [0.15, 0.2) is 5.75 Å². The summed E-state index contributed by atoms with van der Waals surface area (Å²) < 4.78 is 51.9. The van der Waals surface area contributed by atoms with Crippen LogP contribution in [0.4, 0.5) is 18.9 Å². The minimum atomic E-state index is -4.49. The van der Waals surface area contributed by atoms with Crippen molar-refractivity contribution in [2.24, 2.45) is 5.92 Å². The van der Waals surface area contributed by atoms with Crippen molar-refractivity contribution in [2.75, 3.05) is 32.1 Å². The number of fused-ring (bicyclic) bond motifs is 1. The number of hydrogen-bond donors (Lipinski definition) is 2. The Hall–Kier alpha value is -4.87. The van der Waals surface area contributed by atoms with E-state index in [1.54, 1.807) is 36.9 Å². The Labute approximate surface area is 290 Å². The zero-order valence-corrected chi connectivity index (χ0v) is 28.5. The van der Waals surface area contributed by atoms with E-state index < -0.39 is 35.7 Å². The van der Waals surface area contributed by atoms with Crippen LogP contribution in [0.25, 0.3) is 0 Å². The molecule has 0 spiro atoms. The molecule has 1 aliphatic heterocycles. The number of aliphatic hydroxyl groups is 1. The van der Waals surface area contributed by atoms with Crippen molar-refractivity contribution in [1.29, 1.82) is 0 Å². The fourth-order valence-electron chi connectivity index (χ4n) is 5.88. The number of alkyl halides is 3. The van der Waals surface area contributed by atoms with Gasteiger partial charge in [0.1, 0.15) is 17.6 Å². The van der Waals surface area contributed by atoms with Crippen molar-refractivity contribution in [2.45, 2.75) is 51.6 Å². The second-order valence-electron chi connectivity index (χ2n) is 12.9. The molecule has 264 valence electrons. The third-order valence-electron chi connectivity index (χ3n) is 8.93. The number of amides is 2. The number of benzene rings is 4. The molecule has 0 saturated carbocycles. The van der Waals surface area contributed by atoms with Crippen LogP contribution in [0.2, 0.25) is 0 Å². The van der Waals surface area contributed by atoms with Gasteiger partial charge in [-0.2, -0.15) is 13.2 Å². The highest BCUT2D eigenvalue weighted by molar-refractivity contribution is 6.02. The van der Waals surface area contributed by atoms with Gasteiger partial charge in [0.05, 0.1) is 35.4 Å². The SMILES string of the molecule is CC(C(=O)Nc1cccc2c1O[C@H](CN(C)Cc1ccc(Oc3ccccc3)cc1)[C@H](C)CN([C@@H](C)CO)C2=O)c1ccc(C(F)(F)F)cc1. The average Bonchev–Trinajstić information content (AvgIpc) is 3.10. The molecule has 2 amide bonds. The molecular formula is C39H42F3N3O5. The second kappa shape index (κ2) is 15.8. The van der Waals surface area contributed by atoms with Gasteiger partial charge >= 0.3 is 6.18 Å². The molecule has 0 radical (unpaired) electrons. The zero-order chi connectivity index (χ0) is 36.0. The number of aliphatic hydroxyl groups excluding tert-OH is 1. The smallest absolute Gasteiger partial charge is 0.416 e. The maximum atomic E-state index is 13.9. The van der Waals surface area contributed by atoms with E-state index in [0.29, 0.717) is 25.2 Å². The topological polar surface area (TPSA) is 91.3 Å². The predicted octanol–water partition coefficient (Wildman–Crippen LogP) is 7.59. The number of carbonyl (C=O) groups is 2. The molecule has 0 aromatic heterocycles. The molecule has 0 bridgehead atoms. The maximum absolute atomic E-state index is 13.9. The number of nitrogens with zero attached hydrogens (tertiary/aromatic N) is 2. The first-order valence-electron chi connectivity index (χ1n) is 16.5. The van der Waals surface area contributed by atoms with Crippen LogP contribution in [-0.4, -0.2) is 65.6 Å². The summed E-state index contributed by atoms with van der Waals surface area (Å²) in [7, 11) is 1.98. The highest BCUT2D eigenvalue weighted by Crippen LogP contribution is 2.36. The summed E-state index contributed by atoms with van der Waals surface area (Å²) >= 11 is 0. The molecule has 0 saturated heterocycles. The number of rotatable bonds is 11. The van der Waals surface area contributed by atoms with Gasteiger partial charge in [-0.1, -0.05) is 55.5 Å². The van der Waals surface area contributed by atoms with Gasteiger partial charge in [-0.05, 0) is 80.6 Å². The van der Waals surface area contributed by atoms with Crippen molar-refractivity contribution in [3.05, 3.63) is 119 Å². The van der Waals surface area contributed by atoms with Crippen LogP contribution in [-0.2, 0) is 17.5 Å². The summed E-state index contributed by atoms with van der Waals surface area (Å²) in [6, 6.07) is 26.3. The van der Waals surface area contributed by atoms with E-state index in [1.165, 1.54) is 12.1 Å². The van der Waals surface area contributed by atoms with Gasteiger partial charge in [0, 0.05) is 25.6 Å². The van der Waals surface area contributed by atoms with Gasteiger partial charge in [-0.3, -0.25) is 14.5 Å². The number of para-hydroxylation sites is 2. The highest BCUT2D eigenvalue weighted by Gasteiger charge is 2.35. The first kappa shape index (κ1) is 36.4. The van der Waals surface area contributed by atoms with Crippen molar-refractivity contribution >= 4 is 17.5 Å². The van der Waals surface area contributed by atoms with E-state index in [-0.39, 0.29) is 35.4 Å². The van der Waals surface area contributed by atoms with E-state index in [4.69, 9.17) is 9.47 Å². The molecule has 1 heterocycles. The molecule has 4 aromatic rings. The van der Waals surface area contributed by atoms with Crippen LogP contribution in [0.5, 0.6) is 17.2 Å². The minimum Gasteiger partial charge on any atom is -0.486 e. The summed E-state index contributed by atoms with van der Waals surface area (Å²) in [5, 5.41) is 12.9. The van der Waals surface area contributed by atoms with Crippen LogP contribution >= 0.6 is 0 Å². The molecule has 1 unspecified atom stereocenters. The standard InChI is InChI=1S/C39H42F3N3O5/c1-25-21-45(26(2)24-46)38(48)33-11-8-12-34(43-37(47)27(3)29-15-17-30(18-16-29)39(40,41)42)36(33)50-35(25)23-44(4)22-28-13-19-32(20-14-28)49-31-9-6-5-7-10-31/h5-20,25-27,35,46H,21-24H2,1-4H3,(H,43,47)/t25-,26+,27?,35-/m1/s1. The normalized spacial score (nSPS) is 17.6. The molecule has 11 heteroatoms. The monoisotopic (exact) mass is 689 g/mol. The quantitative estimate of drug-likeness (QED) is 0.169. The lowest BCUT2D eigenvalue weighted by Gasteiger charge is -2.38. The molecular weight excluding hydrogens is 647 g/mol. The van der Waals surface area contributed by atoms with Crippen molar-refractivity contribution in [1.82, 2.24) is 9.80 Å². The average molecular weight is 690 g/mol. The van der Waals surface area contributed by atoms with E-state index in [2.05, 4.69) is 10.2 Å². The van der Waals surface area contributed by atoms with E-state index in [1.807, 2.05) is 68.6 Å². The van der Waals surface area contributed by atoms with Crippen molar-refractivity contribution in [3.8, 4) is 17.2 Å². The number of likely N-dealkylation sites (N-methyl/N-ethyl adjacent to an activating group) is 1. The molecule has 2 N–H and O–H groups in total. The molecule has 5 rings (SSSR count). The minimum absolute atomic E-state index is 0.167. The Morgan fingerprint density at radius 3 is 2.28 bits per heavy atom. The fraction of sp³-hybridized carbons (Fsp3) is 0.333. The lowest BCUT2D eigenvalue weighted by atomic mass is 9.97. The molecule has 8 nitrogen and oxygen atoms in total. The number of halogens is 3. The van der Waals surface area contributed by atoms with Crippen LogP contribution in [0.15, 0.2) is 97.1 Å². The summed E-state index contributed by atoms with van der Waals surface area (Å²) in [6.07, 6.45) is -4.91. The van der Waals surface area contributed by atoms with Gasteiger partial charge in [0.25, 0.3) is 5.91 Å². The molecule has 0 aliphatic carbocycles. The molecule has 50 heavy (non-hydrogen) atoms. The fourth-order valence-corrected chi connectivity index (χ4v) is 5.88. The number of anilines is 1. The van der Waals surface area contributed by atoms with E-state index in [0.717, 1.165) is 29.2 Å². The van der Waals surface area contributed by atoms with Gasteiger partial charge < -0.3 is 24.8 Å². The Bertz CT molecular complexity index is 1750. The molecule has 4 aromatic carbocycles. The zero-order valence-electron chi connectivity index (χ0n) is 28.5. The Morgan fingerprint density at radius 2 is 1.64 bits per heavy atom. The molecule has 1 aliphatic rings. The first-order valence-corrected chi connectivity index (χ1v) is 16.5. The van der Waals surface area contributed by atoms with Crippen LogP contribution in [0.1, 0.15) is 53.7 Å². The van der Waals surface area contributed by atoms with Crippen LogP contribution in [0.3, 0.4) is 0 Å². The summed E-state index contributed by atoms with van der Waals surface area (Å²) in [6.45, 7) is 6.54. The summed E-state index contributed by atoms with van der Waals surface area (Å²) in [5.74, 6) is -0.105. The lowest BCUT2D eigenvalue weighted by molar-refractivity contribution is -0.137. The van der Waals surface area contributed by atoms with Crippen LogP contribution < -0.4 is 14.8 Å². The summed E-state index contributed by atoms with van der Waals surface area (Å²) in [5.41, 5.74) is 1.17. The summed E-state index contributed by atoms with van der Waals surface area (Å²) in [4.78, 5) is 31.1. The highest BCUT2D eigenvalue weighted by atomic mass is 19.4. The van der Waals surface area contributed by atoms with Crippen LogP contribution in [0, 0.1) is 5.92 Å². The Kier molecular flexibility index (Phi) is 11.5. The van der Waals surface area contributed by atoms with Crippen molar-refractivity contribution in [3.63, 3.8) is 0 Å². The van der Waals surface area contributed by atoms with Gasteiger partial charge in [-0.25, -0.2) is 0 Å². The van der Waals surface area contributed by atoms with Crippen molar-refractivity contribution < 1.29 is 37.3 Å². The van der Waals surface area contributed by atoms with Gasteiger partial charge in [-0.15, -0.1) is 0 Å². The number of hydrogen-bond acceptors (Lipinski definition) is 6. The number of nitrogens with one attached hydrogen (secondary N) is 1. The third-order valence-corrected chi connectivity index (χ3v) is 8.93. The Balaban J connectivity index is 1.36. The lowest BCUT2D eigenvalue weighted by Crippen LogP contribution is -2.49. The molecule has 4 atom stereocenters. The maximum Gasteiger partial charge on any atom is 0.416 e. The largest absolute Gasteiger partial charge is 0.486 e. The third kappa shape index (κ3) is 8.83. The van der Waals surface area contributed by atoms with E-state index in [9.17, 15) is 27.9 Å². The number of ether oxygens (including phenoxy) is 2. The van der Waals surface area contributed by atoms with E-state index >= 15 is 0 Å². The Morgan fingerprint density at radius 1 is 0.980 bits per heavy atom. The number of carbonyl (C=O) groups excluding carboxylic acids is 2. The predicted molar refractivity (Wildman–Crippen MR) is 185 cm³/mol.